The average molecular weight is 441 g/mol. The number of hydrogen-bond acceptors (Lipinski definition) is 3. The molecule has 0 aliphatic heterocycles. The Morgan fingerprint density at radius 3 is 2.34 bits per heavy atom. The van der Waals surface area contributed by atoms with Crippen LogP contribution in [0.4, 0.5) is 0 Å². The first-order valence-electron chi connectivity index (χ1n) is 13.2. The van der Waals surface area contributed by atoms with Crippen LogP contribution in [0.25, 0.3) is 0 Å². The molecule has 0 aromatic carbocycles. The fourth-order valence-corrected chi connectivity index (χ4v) is 10.1. The third kappa shape index (κ3) is 2.70. The van der Waals surface area contributed by atoms with Crippen molar-refractivity contribution >= 4 is 12.1 Å². The number of hydrogen-bond donors (Lipinski definition) is 1. The van der Waals surface area contributed by atoms with Crippen molar-refractivity contribution in [2.45, 2.75) is 105 Å². The van der Waals surface area contributed by atoms with Crippen LogP contribution >= 0.6 is 0 Å². The van der Waals surface area contributed by atoms with E-state index in [9.17, 15) is 14.7 Å². The van der Waals surface area contributed by atoms with E-state index in [2.05, 4.69) is 40.7 Å². The molecule has 0 saturated heterocycles. The van der Waals surface area contributed by atoms with Crippen molar-refractivity contribution in [1.29, 1.82) is 0 Å². The van der Waals surface area contributed by atoms with E-state index in [0.29, 0.717) is 35.9 Å². The maximum absolute atomic E-state index is 13.6. The molecule has 0 amide bonds. The molecule has 0 radical (unpaired) electrons. The topological polar surface area (TPSA) is 54.4 Å². The minimum atomic E-state index is -0.653. The zero-order valence-electron chi connectivity index (χ0n) is 21.2. The summed E-state index contributed by atoms with van der Waals surface area (Å²) in [6, 6.07) is 0. The first-order chi connectivity index (χ1) is 14.8. The standard InChI is InChI=1S/C29H44O3/c1-25(2)12-9-18-19(15-25)20-7-8-23-26(3)13-11-24(32)27(4,17-30)22(26)10-14-28(23,5)29(20,6)16-21(18)31/h7,17-19,22-24,32H,8-16H2,1-6H3/t18-,19+,22+,23+,24-,26-,27-,28+,29+/m0/s1. The number of fused-ring (bicyclic) bond motifs is 7. The number of aliphatic hydroxyl groups excluding tert-OH is 1. The Bertz CT molecular complexity index is 872. The molecule has 4 fully saturated rings. The van der Waals surface area contributed by atoms with Gasteiger partial charge in [0.1, 0.15) is 12.1 Å². The summed E-state index contributed by atoms with van der Waals surface area (Å²) in [4.78, 5) is 25.8. The van der Waals surface area contributed by atoms with Crippen molar-refractivity contribution < 1.29 is 14.7 Å². The van der Waals surface area contributed by atoms with E-state index in [-0.39, 0.29) is 28.1 Å². The lowest BCUT2D eigenvalue weighted by Crippen LogP contribution is -2.65. The zero-order valence-corrected chi connectivity index (χ0v) is 21.2. The first kappa shape index (κ1) is 22.8. The lowest BCUT2D eigenvalue weighted by atomic mass is 9.34. The monoisotopic (exact) mass is 440 g/mol. The predicted molar refractivity (Wildman–Crippen MR) is 127 cm³/mol. The van der Waals surface area contributed by atoms with Crippen LogP contribution in [0.15, 0.2) is 11.6 Å². The maximum Gasteiger partial charge on any atom is 0.137 e. The Morgan fingerprint density at radius 1 is 0.938 bits per heavy atom. The summed E-state index contributed by atoms with van der Waals surface area (Å²) in [5.41, 5.74) is 1.27. The summed E-state index contributed by atoms with van der Waals surface area (Å²) in [5, 5.41) is 10.8. The molecule has 178 valence electrons. The maximum atomic E-state index is 13.6. The highest BCUT2D eigenvalue weighted by Gasteiger charge is 2.68. The van der Waals surface area contributed by atoms with Crippen LogP contribution in [0.5, 0.6) is 0 Å². The quantitative estimate of drug-likeness (QED) is 0.394. The van der Waals surface area contributed by atoms with E-state index in [1.165, 1.54) is 0 Å². The summed E-state index contributed by atoms with van der Waals surface area (Å²) in [7, 11) is 0. The summed E-state index contributed by atoms with van der Waals surface area (Å²) < 4.78 is 0. The number of rotatable bonds is 1. The summed E-state index contributed by atoms with van der Waals surface area (Å²) in [6.07, 6.45) is 11.9. The van der Waals surface area contributed by atoms with Gasteiger partial charge in [0, 0.05) is 17.8 Å². The van der Waals surface area contributed by atoms with Gasteiger partial charge in [-0.2, -0.15) is 0 Å². The smallest absolute Gasteiger partial charge is 0.137 e. The van der Waals surface area contributed by atoms with Crippen LogP contribution in [0.3, 0.4) is 0 Å². The number of ketones is 1. The Morgan fingerprint density at radius 2 is 1.66 bits per heavy atom. The number of allylic oxidation sites excluding steroid dienone is 2. The van der Waals surface area contributed by atoms with E-state index in [4.69, 9.17) is 0 Å². The van der Waals surface area contributed by atoms with Crippen molar-refractivity contribution in [3.63, 3.8) is 0 Å². The third-order valence-electron chi connectivity index (χ3n) is 12.2. The van der Waals surface area contributed by atoms with Gasteiger partial charge in [0.15, 0.2) is 0 Å². The number of carbonyl (C=O) groups is 2. The molecule has 4 saturated carbocycles. The number of aldehydes is 1. The lowest BCUT2D eigenvalue weighted by Gasteiger charge is -2.70. The second kappa shape index (κ2) is 6.80. The Labute approximate surface area is 194 Å². The molecule has 5 aliphatic rings. The average Bonchev–Trinajstić information content (AvgIpc) is 2.71. The summed E-state index contributed by atoms with van der Waals surface area (Å²) in [5.74, 6) is 1.83. The van der Waals surface area contributed by atoms with Crippen LogP contribution < -0.4 is 0 Å². The van der Waals surface area contributed by atoms with Gasteiger partial charge in [0.25, 0.3) is 0 Å². The summed E-state index contributed by atoms with van der Waals surface area (Å²) >= 11 is 0. The van der Waals surface area contributed by atoms with Crippen LogP contribution in [-0.2, 0) is 9.59 Å². The van der Waals surface area contributed by atoms with E-state index in [0.717, 1.165) is 51.2 Å². The van der Waals surface area contributed by atoms with Crippen LogP contribution in [0.1, 0.15) is 99.3 Å². The van der Waals surface area contributed by atoms with Gasteiger partial charge < -0.3 is 9.90 Å². The summed E-state index contributed by atoms with van der Waals surface area (Å²) in [6.45, 7) is 14.1. The SMILES string of the molecule is CC1(C)CC[C@@H]2C(=O)C[C@]3(C)C(=CC[C@@H]4[C@@]5(C)CC[C@H](O)[C@@](C)(C=O)[C@@H]5CC[C@]43C)[C@@H]2C1. The Balaban J connectivity index is 1.59. The number of Topliss-reactive ketones (excluding diaryl/α,β-unsaturated/α-hetero) is 1. The van der Waals surface area contributed by atoms with E-state index in [1.807, 2.05) is 6.92 Å². The van der Waals surface area contributed by atoms with Gasteiger partial charge in [0.05, 0.1) is 11.5 Å². The molecular weight excluding hydrogens is 396 g/mol. The van der Waals surface area contributed by atoms with Gasteiger partial charge in [-0.25, -0.2) is 0 Å². The second-order valence-corrected chi connectivity index (χ2v) is 14.1. The van der Waals surface area contributed by atoms with Crippen LogP contribution in [0, 0.1) is 50.7 Å². The second-order valence-electron chi connectivity index (χ2n) is 14.1. The molecule has 32 heavy (non-hydrogen) atoms. The van der Waals surface area contributed by atoms with Crippen molar-refractivity contribution in [3.8, 4) is 0 Å². The fourth-order valence-electron chi connectivity index (χ4n) is 10.1. The van der Waals surface area contributed by atoms with E-state index >= 15 is 0 Å². The molecule has 5 aliphatic carbocycles. The van der Waals surface area contributed by atoms with E-state index in [1.54, 1.807) is 5.57 Å². The zero-order chi connectivity index (χ0) is 23.3. The highest BCUT2D eigenvalue weighted by atomic mass is 16.3. The molecule has 3 heteroatoms. The van der Waals surface area contributed by atoms with Gasteiger partial charge in [-0.05, 0) is 85.4 Å². The third-order valence-corrected chi connectivity index (χ3v) is 12.2. The molecule has 0 heterocycles. The normalized spacial score (nSPS) is 54.4. The minimum Gasteiger partial charge on any atom is -0.392 e. The largest absolute Gasteiger partial charge is 0.392 e. The molecule has 0 aromatic heterocycles. The number of carbonyl (C=O) groups excluding carboxylic acids is 2. The van der Waals surface area contributed by atoms with Crippen molar-refractivity contribution in [2.75, 3.05) is 0 Å². The molecule has 9 atom stereocenters. The van der Waals surface area contributed by atoms with Gasteiger partial charge in [-0.15, -0.1) is 0 Å². The van der Waals surface area contributed by atoms with Gasteiger partial charge in [0.2, 0.25) is 0 Å². The molecule has 5 rings (SSSR count). The molecule has 3 nitrogen and oxygen atoms in total. The highest BCUT2D eigenvalue weighted by Crippen LogP contribution is 2.73. The fraction of sp³-hybridized carbons (Fsp3) is 0.862. The van der Waals surface area contributed by atoms with Gasteiger partial charge in [-0.3, -0.25) is 4.79 Å². The van der Waals surface area contributed by atoms with Crippen molar-refractivity contribution in [3.05, 3.63) is 11.6 Å². The molecule has 0 spiro atoms. The first-order valence-corrected chi connectivity index (χ1v) is 13.2. The Kier molecular flexibility index (Phi) is 4.85. The van der Waals surface area contributed by atoms with Crippen molar-refractivity contribution in [1.82, 2.24) is 0 Å². The van der Waals surface area contributed by atoms with E-state index < -0.39 is 11.5 Å². The molecule has 0 aromatic rings. The minimum absolute atomic E-state index is 0.0265. The molecule has 0 unspecified atom stereocenters. The highest BCUT2D eigenvalue weighted by molar-refractivity contribution is 5.85. The molecular formula is C29H44O3. The predicted octanol–water partition coefficient (Wildman–Crippen LogP) is 6.14. The lowest BCUT2D eigenvalue weighted by molar-refractivity contribution is -0.200. The number of aliphatic hydroxyl groups is 1. The Hall–Kier alpha value is -0.960. The van der Waals surface area contributed by atoms with Gasteiger partial charge in [-0.1, -0.05) is 53.2 Å². The molecule has 1 N–H and O–H groups in total. The van der Waals surface area contributed by atoms with Gasteiger partial charge >= 0.3 is 0 Å². The van der Waals surface area contributed by atoms with Crippen LogP contribution in [-0.4, -0.2) is 23.3 Å². The van der Waals surface area contributed by atoms with Crippen LogP contribution in [0.2, 0.25) is 0 Å². The molecule has 0 bridgehead atoms. The van der Waals surface area contributed by atoms with Crippen molar-refractivity contribution in [2.24, 2.45) is 50.7 Å².